The maximum atomic E-state index is 13.9. The highest BCUT2D eigenvalue weighted by atomic mass is 16.5. The first kappa shape index (κ1) is 27.6. The fraction of sp³-hybridized carbons (Fsp3) is 0.206. The predicted molar refractivity (Wildman–Crippen MR) is 161 cm³/mol. The summed E-state index contributed by atoms with van der Waals surface area (Å²) in [5, 5.41) is 0.441. The minimum atomic E-state index is -0.185. The van der Waals surface area contributed by atoms with E-state index in [1.54, 1.807) is 23.9 Å². The van der Waals surface area contributed by atoms with E-state index in [4.69, 9.17) is 19.2 Å². The van der Waals surface area contributed by atoms with Crippen molar-refractivity contribution in [2.45, 2.75) is 33.4 Å². The Labute approximate surface area is 239 Å². The molecule has 0 bridgehead atoms. The van der Waals surface area contributed by atoms with Crippen molar-refractivity contribution in [1.82, 2.24) is 14.5 Å². The molecule has 41 heavy (non-hydrogen) atoms. The molecule has 2 heterocycles. The Balaban J connectivity index is 1.49. The lowest BCUT2D eigenvalue weighted by Crippen LogP contribution is -2.27. The number of nitrogens with zero attached hydrogens (tertiary/aromatic N) is 3. The Bertz CT molecular complexity index is 1730. The van der Waals surface area contributed by atoms with Crippen molar-refractivity contribution in [3.63, 3.8) is 0 Å². The van der Waals surface area contributed by atoms with Gasteiger partial charge in [0.15, 0.2) is 5.82 Å². The molecule has 0 aliphatic rings. The maximum Gasteiger partial charge on any atom is 0.261 e. The highest BCUT2D eigenvalue weighted by Gasteiger charge is 2.18. The number of ether oxygens (including phenoxy) is 3. The molecule has 5 rings (SSSR count). The number of benzene rings is 3. The smallest absolute Gasteiger partial charge is 0.261 e. The number of rotatable bonds is 11. The summed E-state index contributed by atoms with van der Waals surface area (Å²) in [5.41, 5.74) is 5.12. The molecular weight excluding hydrogens is 514 g/mol. The van der Waals surface area contributed by atoms with E-state index in [1.165, 1.54) is 11.1 Å². The summed E-state index contributed by atoms with van der Waals surface area (Å²) in [6, 6.07) is 25.8. The van der Waals surface area contributed by atoms with Crippen LogP contribution in [-0.4, -0.2) is 28.3 Å². The minimum absolute atomic E-state index is 0.0911. The third-order valence-electron chi connectivity index (χ3n) is 6.96. The molecule has 0 amide bonds. The standard InChI is InChI=1S/C34H33N3O4/c1-5-40-24(3)32-33-30(17-18-35-32)34(38)37(21-27-13-16-29(39-4)19-23(27)2)31(36-33)22-41-28-14-11-26(12-15-28)20-25-9-7-6-8-10-25/h6-19H,3,5,20-22H2,1-2,4H3. The summed E-state index contributed by atoms with van der Waals surface area (Å²) in [4.78, 5) is 23.2. The highest BCUT2D eigenvalue weighted by molar-refractivity contribution is 5.86. The van der Waals surface area contributed by atoms with E-state index in [-0.39, 0.29) is 12.2 Å². The summed E-state index contributed by atoms with van der Waals surface area (Å²) >= 11 is 0. The molecular formula is C34H33N3O4. The van der Waals surface area contributed by atoms with Crippen LogP contribution in [0.25, 0.3) is 16.7 Å². The second-order valence-corrected chi connectivity index (χ2v) is 9.72. The first-order chi connectivity index (χ1) is 20.0. The number of fused-ring (bicyclic) bond motifs is 1. The molecule has 0 fully saturated rings. The number of hydrogen-bond donors (Lipinski definition) is 0. The normalized spacial score (nSPS) is 10.9. The van der Waals surface area contributed by atoms with Crippen LogP contribution < -0.4 is 15.0 Å². The van der Waals surface area contributed by atoms with E-state index in [1.807, 2.05) is 62.4 Å². The fourth-order valence-electron chi connectivity index (χ4n) is 4.74. The first-order valence-corrected chi connectivity index (χ1v) is 13.6. The first-order valence-electron chi connectivity index (χ1n) is 13.6. The lowest BCUT2D eigenvalue weighted by atomic mass is 10.1. The quantitative estimate of drug-likeness (QED) is 0.180. The van der Waals surface area contributed by atoms with Gasteiger partial charge in [-0.05, 0) is 72.9 Å². The van der Waals surface area contributed by atoms with Crippen molar-refractivity contribution in [1.29, 1.82) is 0 Å². The van der Waals surface area contributed by atoms with Crippen LogP contribution in [0.15, 0.2) is 96.4 Å². The zero-order valence-corrected chi connectivity index (χ0v) is 23.6. The Morgan fingerprint density at radius 1 is 0.951 bits per heavy atom. The molecule has 5 aromatic rings. The Morgan fingerprint density at radius 2 is 1.68 bits per heavy atom. The third-order valence-corrected chi connectivity index (χ3v) is 6.96. The molecule has 0 atom stereocenters. The molecule has 7 heteroatoms. The van der Waals surface area contributed by atoms with Gasteiger partial charge in [0.05, 0.1) is 25.6 Å². The van der Waals surface area contributed by atoms with Crippen molar-refractivity contribution in [2.24, 2.45) is 0 Å². The van der Waals surface area contributed by atoms with E-state index >= 15 is 0 Å². The van der Waals surface area contributed by atoms with E-state index in [0.29, 0.717) is 47.1 Å². The molecule has 0 spiro atoms. The number of methoxy groups -OCH3 is 1. The van der Waals surface area contributed by atoms with Gasteiger partial charge in [0.1, 0.15) is 35.1 Å². The van der Waals surface area contributed by atoms with Crippen LogP contribution in [0.3, 0.4) is 0 Å². The molecule has 3 aromatic carbocycles. The van der Waals surface area contributed by atoms with Crippen LogP contribution >= 0.6 is 0 Å². The number of aryl methyl sites for hydroxylation is 1. The molecule has 0 unspecified atom stereocenters. The second-order valence-electron chi connectivity index (χ2n) is 9.72. The third kappa shape index (κ3) is 6.30. The van der Waals surface area contributed by atoms with Crippen molar-refractivity contribution < 1.29 is 14.2 Å². The van der Waals surface area contributed by atoms with Gasteiger partial charge in [-0.25, -0.2) is 4.98 Å². The Hall–Kier alpha value is -4.91. The lowest BCUT2D eigenvalue weighted by Gasteiger charge is -2.17. The average molecular weight is 548 g/mol. The predicted octanol–water partition coefficient (Wildman–Crippen LogP) is 6.33. The van der Waals surface area contributed by atoms with Gasteiger partial charge in [-0.3, -0.25) is 14.3 Å². The molecule has 2 aromatic heterocycles. The van der Waals surface area contributed by atoms with Gasteiger partial charge in [-0.1, -0.05) is 55.1 Å². The summed E-state index contributed by atoms with van der Waals surface area (Å²) in [6.45, 7) is 8.72. The Kier molecular flexibility index (Phi) is 8.44. The minimum Gasteiger partial charge on any atom is -0.497 e. The summed E-state index contributed by atoms with van der Waals surface area (Å²) < 4.78 is 18.8. The van der Waals surface area contributed by atoms with Crippen LogP contribution in [0.5, 0.6) is 11.5 Å². The van der Waals surface area contributed by atoms with Crippen molar-refractivity contribution in [3.05, 3.63) is 136 Å². The van der Waals surface area contributed by atoms with Gasteiger partial charge >= 0.3 is 0 Å². The van der Waals surface area contributed by atoms with Crippen molar-refractivity contribution in [3.8, 4) is 11.5 Å². The molecule has 0 aliphatic heterocycles. The molecule has 0 saturated carbocycles. The van der Waals surface area contributed by atoms with E-state index in [2.05, 4.69) is 35.8 Å². The van der Waals surface area contributed by atoms with Crippen LogP contribution in [0.2, 0.25) is 0 Å². The van der Waals surface area contributed by atoms with Crippen LogP contribution in [0.1, 0.15) is 40.7 Å². The van der Waals surface area contributed by atoms with Gasteiger partial charge in [0.25, 0.3) is 5.56 Å². The molecule has 0 saturated heterocycles. The molecule has 208 valence electrons. The maximum absolute atomic E-state index is 13.9. The fourth-order valence-corrected chi connectivity index (χ4v) is 4.74. The molecule has 7 nitrogen and oxygen atoms in total. The van der Waals surface area contributed by atoms with Crippen molar-refractivity contribution in [2.75, 3.05) is 13.7 Å². The van der Waals surface area contributed by atoms with Crippen LogP contribution in [-0.2, 0) is 24.3 Å². The SMILES string of the molecule is C=C(OCC)c1nccc2c(=O)n(Cc3ccc(OC)cc3C)c(COc3ccc(Cc4ccccc4)cc3)nc12. The number of hydrogen-bond acceptors (Lipinski definition) is 6. The van der Waals surface area contributed by atoms with E-state index < -0.39 is 0 Å². The zero-order valence-electron chi connectivity index (χ0n) is 23.6. The van der Waals surface area contributed by atoms with E-state index in [0.717, 1.165) is 23.3 Å². The monoisotopic (exact) mass is 547 g/mol. The Morgan fingerprint density at radius 3 is 2.39 bits per heavy atom. The molecule has 0 aliphatic carbocycles. The van der Waals surface area contributed by atoms with Gasteiger partial charge in [-0.2, -0.15) is 0 Å². The second kappa shape index (κ2) is 12.5. The van der Waals surface area contributed by atoms with Gasteiger partial charge < -0.3 is 14.2 Å². The average Bonchev–Trinajstić information content (AvgIpc) is 2.99. The summed E-state index contributed by atoms with van der Waals surface area (Å²) in [6.07, 6.45) is 2.43. The zero-order chi connectivity index (χ0) is 28.8. The van der Waals surface area contributed by atoms with Crippen molar-refractivity contribution >= 4 is 16.7 Å². The van der Waals surface area contributed by atoms with Gasteiger partial charge in [0, 0.05) is 6.20 Å². The number of pyridine rings is 1. The molecule has 0 N–H and O–H groups in total. The largest absolute Gasteiger partial charge is 0.497 e. The number of aromatic nitrogens is 3. The van der Waals surface area contributed by atoms with Gasteiger partial charge in [0.2, 0.25) is 0 Å². The summed E-state index contributed by atoms with van der Waals surface area (Å²) in [5.74, 6) is 2.30. The topological polar surface area (TPSA) is 75.5 Å². The summed E-state index contributed by atoms with van der Waals surface area (Å²) in [7, 11) is 1.64. The van der Waals surface area contributed by atoms with Gasteiger partial charge in [-0.15, -0.1) is 0 Å². The molecule has 0 radical (unpaired) electrons. The van der Waals surface area contributed by atoms with Crippen LogP contribution in [0, 0.1) is 6.92 Å². The lowest BCUT2D eigenvalue weighted by molar-refractivity contribution is 0.287. The highest BCUT2D eigenvalue weighted by Crippen LogP contribution is 2.23. The van der Waals surface area contributed by atoms with E-state index in [9.17, 15) is 4.79 Å². The van der Waals surface area contributed by atoms with Crippen LogP contribution in [0.4, 0.5) is 0 Å².